The van der Waals surface area contributed by atoms with E-state index in [9.17, 15) is 14.9 Å². The van der Waals surface area contributed by atoms with E-state index in [0.29, 0.717) is 28.4 Å². The first kappa shape index (κ1) is 15.8. The number of fused-ring (bicyclic) bond motifs is 1. The molecule has 0 fully saturated rings. The molecule has 7 nitrogen and oxygen atoms in total. The summed E-state index contributed by atoms with van der Waals surface area (Å²) in [5.74, 6) is 0.605. The maximum atomic E-state index is 12.4. The topological polar surface area (TPSA) is 84.7 Å². The van der Waals surface area contributed by atoms with Gasteiger partial charge in [0.25, 0.3) is 5.69 Å². The number of nitrogens with zero attached hydrogens (tertiary/aromatic N) is 2. The summed E-state index contributed by atoms with van der Waals surface area (Å²) in [5.41, 5.74) is 1.63. The first-order chi connectivity index (χ1) is 11.4. The number of ether oxygens (including phenoxy) is 1. The lowest BCUT2D eigenvalue weighted by molar-refractivity contribution is -0.384. The number of benzene rings is 2. The number of hydrogen-bond donors (Lipinski definition) is 1. The van der Waals surface area contributed by atoms with Crippen LogP contribution >= 0.6 is 11.6 Å². The third kappa shape index (κ3) is 2.55. The van der Waals surface area contributed by atoms with Crippen LogP contribution in [-0.2, 0) is 0 Å². The predicted molar refractivity (Wildman–Crippen MR) is 91.6 cm³/mol. The van der Waals surface area contributed by atoms with Gasteiger partial charge in [0.2, 0.25) is 0 Å². The molecule has 0 spiro atoms. The number of nitro groups is 1. The Balaban J connectivity index is 2.09. The van der Waals surface area contributed by atoms with E-state index in [4.69, 9.17) is 16.3 Å². The minimum Gasteiger partial charge on any atom is -0.497 e. The van der Waals surface area contributed by atoms with Crippen molar-refractivity contribution in [1.29, 1.82) is 0 Å². The van der Waals surface area contributed by atoms with Crippen LogP contribution in [0.2, 0.25) is 5.02 Å². The predicted octanol–water partition coefficient (Wildman–Crippen LogP) is 4.28. The molecule has 1 N–H and O–H groups in total. The number of rotatable bonds is 3. The summed E-state index contributed by atoms with van der Waals surface area (Å²) in [4.78, 5) is 24.1. The molecule has 0 aromatic heterocycles. The van der Waals surface area contributed by atoms with Crippen LogP contribution in [0.4, 0.5) is 21.9 Å². The highest BCUT2D eigenvalue weighted by molar-refractivity contribution is 6.32. The maximum absolute atomic E-state index is 12.4. The lowest BCUT2D eigenvalue weighted by Crippen LogP contribution is -2.37. The lowest BCUT2D eigenvalue weighted by atomic mass is 10.1. The zero-order valence-electron chi connectivity index (χ0n) is 12.6. The highest BCUT2D eigenvalue weighted by atomic mass is 35.5. The van der Waals surface area contributed by atoms with Crippen LogP contribution in [0, 0.1) is 10.1 Å². The maximum Gasteiger partial charge on any atom is 0.330 e. The van der Waals surface area contributed by atoms with Gasteiger partial charge in [-0.25, -0.2) is 4.79 Å². The number of carbonyl (C=O) groups excluding carboxylic acids is 1. The molecule has 2 amide bonds. The van der Waals surface area contributed by atoms with Crippen LogP contribution in [0.1, 0.15) is 5.56 Å². The number of nitrogens with one attached hydrogen (secondary N) is 1. The van der Waals surface area contributed by atoms with Crippen molar-refractivity contribution < 1.29 is 14.5 Å². The molecule has 8 heteroatoms. The van der Waals surface area contributed by atoms with Gasteiger partial charge in [-0.1, -0.05) is 18.2 Å². The molecule has 0 aliphatic carbocycles. The number of urea groups is 1. The van der Waals surface area contributed by atoms with Crippen molar-refractivity contribution >= 4 is 40.4 Å². The van der Waals surface area contributed by atoms with Crippen molar-refractivity contribution in [3.8, 4) is 5.75 Å². The molecule has 0 saturated heterocycles. The van der Waals surface area contributed by atoms with Crippen LogP contribution in [0.15, 0.2) is 43.0 Å². The molecule has 2 aromatic rings. The van der Waals surface area contributed by atoms with Gasteiger partial charge in [-0.3, -0.25) is 15.0 Å². The number of hydrogen-bond acceptors (Lipinski definition) is 4. The van der Waals surface area contributed by atoms with E-state index in [2.05, 4.69) is 11.9 Å². The van der Waals surface area contributed by atoms with Crippen molar-refractivity contribution in [2.45, 2.75) is 0 Å². The SMILES string of the molecule is C=C1c2cc(OC)ccc2NC(=O)N1c1ccc(Cl)c([N+](=O)[O-])c1. The van der Waals surface area contributed by atoms with E-state index < -0.39 is 11.0 Å². The van der Waals surface area contributed by atoms with Gasteiger partial charge in [0.1, 0.15) is 10.8 Å². The molecular weight excluding hydrogens is 334 g/mol. The summed E-state index contributed by atoms with van der Waals surface area (Å²) in [5, 5.41) is 13.8. The van der Waals surface area contributed by atoms with E-state index in [-0.39, 0.29) is 10.7 Å². The Kier molecular flexibility index (Phi) is 3.86. The van der Waals surface area contributed by atoms with Gasteiger partial charge in [-0.15, -0.1) is 0 Å². The Labute approximate surface area is 142 Å². The van der Waals surface area contributed by atoms with Crippen molar-refractivity contribution in [2.24, 2.45) is 0 Å². The average molecular weight is 346 g/mol. The third-order valence-corrected chi connectivity index (χ3v) is 3.96. The average Bonchev–Trinajstić information content (AvgIpc) is 2.55. The first-order valence-electron chi connectivity index (χ1n) is 6.84. The molecule has 1 aliphatic heterocycles. The summed E-state index contributed by atoms with van der Waals surface area (Å²) < 4.78 is 5.18. The summed E-state index contributed by atoms with van der Waals surface area (Å²) in [6.07, 6.45) is 0. The van der Waals surface area contributed by atoms with Crippen molar-refractivity contribution in [3.63, 3.8) is 0 Å². The summed E-state index contributed by atoms with van der Waals surface area (Å²) >= 11 is 5.82. The molecule has 0 unspecified atom stereocenters. The second kappa shape index (κ2) is 5.86. The highest BCUT2D eigenvalue weighted by Gasteiger charge is 2.29. The normalized spacial score (nSPS) is 13.3. The zero-order valence-corrected chi connectivity index (χ0v) is 13.3. The molecule has 0 saturated carbocycles. The second-order valence-electron chi connectivity index (χ2n) is 5.02. The molecule has 1 heterocycles. The minimum atomic E-state index is -0.604. The van der Waals surface area contributed by atoms with Gasteiger partial charge >= 0.3 is 6.03 Å². The number of methoxy groups -OCH3 is 1. The van der Waals surface area contributed by atoms with Gasteiger partial charge < -0.3 is 10.1 Å². The summed E-state index contributed by atoms with van der Waals surface area (Å²) in [6, 6.07) is 8.82. The van der Waals surface area contributed by atoms with Crippen LogP contribution < -0.4 is 15.0 Å². The number of carbonyl (C=O) groups is 1. The van der Waals surface area contributed by atoms with Gasteiger partial charge in [0, 0.05) is 11.6 Å². The fraction of sp³-hybridized carbons (Fsp3) is 0.0625. The number of nitro benzene ring substituents is 1. The van der Waals surface area contributed by atoms with Crippen molar-refractivity contribution in [1.82, 2.24) is 0 Å². The Morgan fingerprint density at radius 1 is 1.29 bits per heavy atom. The van der Waals surface area contributed by atoms with Crippen LogP contribution in [0.5, 0.6) is 5.75 Å². The molecule has 0 radical (unpaired) electrons. The molecule has 1 aliphatic rings. The molecule has 122 valence electrons. The lowest BCUT2D eigenvalue weighted by Gasteiger charge is -2.31. The van der Waals surface area contributed by atoms with Gasteiger partial charge in [-0.2, -0.15) is 0 Å². The van der Waals surface area contributed by atoms with E-state index >= 15 is 0 Å². The Morgan fingerprint density at radius 2 is 2.04 bits per heavy atom. The van der Waals surface area contributed by atoms with Crippen molar-refractivity contribution in [3.05, 3.63) is 63.7 Å². The second-order valence-corrected chi connectivity index (χ2v) is 5.42. The van der Waals surface area contributed by atoms with Gasteiger partial charge in [-0.05, 0) is 30.3 Å². The van der Waals surface area contributed by atoms with E-state index in [1.165, 1.54) is 30.2 Å². The van der Waals surface area contributed by atoms with Crippen molar-refractivity contribution in [2.75, 3.05) is 17.3 Å². The Bertz CT molecular complexity index is 882. The van der Waals surface area contributed by atoms with Crippen LogP contribution in [0.3, 0.4) is 0 Å². The van der Waals surface area contributed by atoms with Crippen LogP contribution in [-0.4, -0.2) is 18.1 Å². The summed E-state index contributed by atoms with van der Waals surface area (Å²) in [7, 11) is 1.53. The molecule has 2 aromatic carbocycles. The quantitative estimate of drug-likeness (QED) is 0.664. The Morgan fingerprint density at radius 3 is 2.71 bits per heavy atom. The number of anilines is 2. The van der Waals surface area contributed by atoms with E-state index in [0.717, 1.165) is 0 Å². The van der Waals surface area contributed by atoms with Crippen LogP contribution in [0.25, 0.3) is 5.70 Å². The number of halogens is 1. The molecule has 24 heavy (non-hydrogen) atoms. The largest absolute Gasteiger partial charge is 0.497 e. The minimum absolute atomic E-state index is 0.00570. The van der Waals surface area contributed by atoms with Gasteiger partial charge in [0.05, 0.1) is 29.1 Å². The fourth-order valence-corrected chi connectivity index (χ4v) is 2.65. The molecule has 0 bridgehead atoms. The number of amides is 2. The third-order valence-electron chi connectivity index (χ3n) is 3.64. The van der Waals surface area contributed by atoms with Gasteiger partial charge in [0.15, 0.2) is 0 Å². The fourth-order valence-electron chi connectivity index (χ4n) is 2.47. The zero-order chi connectivity index (χ0) is 17.4. The molecule has 3 rings (SSSR count). The van der Waals surface area contributed by atoms with E-state index in [1.54, 1.807) is 18.2 Å². The highest BCUT2D eigenvalue weighted by Crippen LogP contribution is 2.38. The molecule has 0 atom stereocenters. The molecular formula is C16H12ClN3O4. The Hall–Kier alpha value is -3.06. The summed E-state index contributed by atoms with van der Waals surface area (Å²) in [6.45, 7) is 3.94. The van der Waals surface area contributed by atoms with E-state index in [1.807, 2.05) is 0 Å². The standard InChI is InChI=1S/C16H12ClN3O4/c1-9-12-8-11(24-2)4-6-14(12)18-16(21)19(9)10-3-5-13(17)15(7-10)20(22)23/h3-8H,1H2,2H3,(H,18,21). The first-order valence-corrected chi connectivity index (χ1v) is 7.22. The monoisotopic (exact) mass is 345 g/mol. The smallest absolute Gasteiger partial charge is 0.330 e.